The summed E-state index contributed by atoms with van der Waals surface area (Å²) in [5.74, 6) is 0.409. The lowest BCUT2D eigenvalue weighted by atomic mass is 9.43. The van der Waals surface area contributed by atoms with E-state index >= 15 is 0 Å². The number of hydrogen-bond donors (Lipinski definition) is 2. The minimum Gasteiger partial charge on any atom is -0.493 e. The number of rotatable bonds is 17. The number of nitrogens with one attached hydrogen (secondary N) is 2. The first-order valence-electron chi connectivity index (χ1n) is 21.0. The van der Waals surface area contributed by atoms with Crippen molar-refractivity contribution in [3.05, 3.63) is 47.5 Å². The molecule has 13 heteroatoms. The van der Waals surface area contributed by atoms with Crippen LogP contribution in [-0.4, -0.2) is 76.4 Å². The van der Waals surface area contributed by atoms with Crippen LogP contribution in [-0.2, 0) is 41.4 Å². The van der Waals surface area contributed by atoms with E-state index in [1.165, 1.54) is 33.3 Å². The van der Waals surface area contributed by atoms with Crippen LogP contribution < -0.4 is 29.6 Å². The standard InChI is InChI=1S/C46H64N2O11/c1-27(2)38(47-26-43(4,5)41(51)57-28(3)58-42(52)48-46-21-31-19-44(6,24-46)23-45(7,20-31)25-46)40(50)59-35-14-12-30(18-37(35)55-10)16-33-32(22-56-39(33)49)15-29-11-13-34(53-8)36(17-29)54-9/h11-14,17-18,27-28,31-33,38,47H,15-16,19-26H2,1-10H3,(H,48,52)/t28?,31?,32-,33+,38?,44?,45?,46?/m0/s1. The number of ether oxygens (including phenoxy) is 7. The molecule has 13 nitrogen and oxygen atoms in total. The van der Waals surface area contributed by atoms with Crippen LogP contribution in [0.25, 0.3) is 0 Å². The fraction of sp³-hybridized carbons (Fsp3) is 0.652. The summed E-state index contributed by atoms with van der Waals surface area (Å²) in [5, 5.41) is 6.40. The third-order valence-electron chi connectivity index (χ3n) is 12.9. The van der Waals surface area contributed by atoms with Crippen molar-refractivity contribution in [3.8, 4) is 23.0 Å². The van der Waals surface area contributed by atoms with Gasteiger partial charge in [0.15, 0.2) is 23.0 Å². The zero-order valence-corrected chi connectivity index (χ0v) is 36.5. The Bertz CT molecular complexity index is 1880. The highest BCUT2D eigenvalue weighted by atomic mass is 16.7. The molecule has 2 N–H and O–H groups in total. The number of esters is 3. The number of methoxy groups -OCH3 is 3. The number of carbonyl (C=O) groups is 4. The molecule has 2 aromatic carbocycles. The van der Waals surface area contributed by atoms with Gasteiger partial charge in [0.25, 0.3) is 0 Å². The van der Waals surface area contributed by atoms with E-state index in [0.717, 1.165) is 30.4 Å². The second kappa shape index (κ2) is 17.2. The Hall–Kier alpha value is -4.52. The van der Waals surface area contributed by atoms with E-state index in [4.69, 9.17) is 33.2 Å². The molecule has 5 aliphatic rings. The van der Waals surface area contributed by atoms with Crippen LogP contribution in [0.2, 0.25) is 0 Å². The molecule has 4 bridgehead atoms. The Morgan fingerprint density at radius 1 is 0.814 bits per heavy atom. The number of amides is 1. The molecule has 59 heavy (non-hydrogen) atoms. The second-order valence-corrected chi connectivity index (χ2v) is 19.4. The van der Waals surface area contributed by atoms with Gasteiger partial charge in [0.05, 0.1) is 39.3 Å². The highest BCUT2D eigenvalue weighted by molar-refractivity contribution is 5.80. The molecule has 1 aliphatic heterocycles. The molecular weight excluding hydrogens is 757 g/mol. The van der Waals surface area contributed by atoms with Gasteiger partial charge in [-0.15, -0.1) is 0 Å². The van der Waals surface area contributed by atoms with E-state index in [9.17, 15) is 19.2 Å². The fourth-order valence-corrected chi connectivity index (χ4v) is 11.1. The highest BCUT2D eigenvalue weighted by Crippen LogP contribution is 2.66. The molecule has 1 saturated heterocycles. The van der Waals surface area contributed by atoms with Crippen LogP contribution in [0.5, 0.6) is 23.0 Å². The maximum absolute atomic E-state index is 13.6. The summed E-state index contributed by atoms with van der Waals surface area (Å²) < 4.78 is 39.0. The summed E-state index contributed by atoms with van der Waals surface area (Å²) in [6.45, 7) is 13.8. The summed E-state index contributed by atoms with van der Waals surface area (Å²) in [5.41, 5.74) is 0.909. The van der Waals surface area contributed by atoms with Crippen LogP contribution in [0.1, 0.15) is 98.1 Å². The van der Waals surface area contributed by atoms with Gasteiger partial charge in [-0.2, -0.15) is 0 Å². The molecule has 0 spiro atoms. The molecule has 4 aliphatic carbocycles. The largest absolute Gasteiger partial charge is 0.493 e. The van der Waals surface area contributed by atoms with Crippen molar-refractivity contribution >= 4 is 24.0 Å². The molecule has 1 amide bonds. The molecule has 5 fully saturated rings. The van der Waals surface area contributed by atoms with Gasteiger partial charge < -0.3 is 43.8 Å². The van der Waals surface area contributed by atoms with Gasteiger partial charge in [-0.05, 0) is 123 Å². The van der Waals surface area contributed by atoms with Crippen LogP contribution in [0.3, 0.4) is 0 Å². The van der Waals surface area contributed by atoms with Crippen LogP contribution in [0.15, 0.2) is 36.4 Å². The normalized spacial score (nSPS) is 28.1. The lowest BCUT2D eigenvalue weighted by Crippen LogP contribution is -2.65. The second-order valence-electron chi connectivity index (χ2n) is 19.4. The van der Waals surface area contributed by atoms with Gasteiger partial charge in [-0.1, -0.05) is 39.8 Å². The Morgan fingerprint density at radius 3 is 2.00 bits per heavy atom. The smallest absolute Gasteiger partial charge is 0.410 e. The van der Waals surface area contributed by atoms with Crippen molar-refractivity contribution in [2.24, 2.45) is 39.9 Å². The number of alkyl carbamates (subject to hydrolysis) is 1. The molecule has 4 unspecified atom stereocenters. The Balaban J connectivity index is 1.01. The zero-order valence-electron chi connectivity index (χ0n) is 36.5. The zero-order chi connectivity index (χ0) is 42.9. The predicted molar refractivity (Wildman–Crippen MR) is 219 cm³/mol. The van der Waals surface area contributed by atoms with Crippen LogP contribution in [0, 0.1) is 39.9 Å². The van der Waals surface area contributed by atoms with Crippen molar-refractivity contribution < 1.29 is 52.3 Å². The van der Waals surface area contributed by atoms with Gasteiger partial charge >= 0.3 is 24.0 Å². The molecule has 2 aromatic rings. The predicted octanol–water partition coefficient (Wildman–Crippen LogP) is 7.20. The third-order valence-corrected chi connectivity index (χ3v) is 12.9. The third kappa shape index (κ3) is 10.1. The maximum atomic E-state index is 13.6. The van der Waals surface area contributed by atoms with E-state index in [0.29, 0.717) is 42.6 Å². The Kier molecular flexibility index (Phi) is 12.9. The Labute approximate surface area is 348 Å². The van der Waals surface area contributed by atoms with Gasteiger partial charge in [0, 0.05) is 24.9 Å². The topological polar surface area (TPSA) is 157 Å². The van der Waals surface area contributed by atoms with Gasteiger partial charge in [0.2, 0.25) is 6.29 Å². The lowest BCUT2D eigenvalue weighted by Gasteiger charge is -2.65. The summed E-state index contributed by atoms with van der Waals surface area (Å²) in [6, 6.07) is 10.2. The van der Waals surface area contributed by atoms with E-state index in [1.807, 2.05) is 38.1 Å². The number of hydrogen-bond acceptors (Lipinski definition) is 12. The fourth-order valence-electron chi connectivity index (χ4n) is 11.1. The van der Waals surface area contributed by atoms with E-state index < -0.39 is 35.8 Å². The molecule has 6 atom stereocenters. The molecule has 0 aromatic heterocycles. The monoisotopic (exact) mass is 820 g/mol. The number of cyclic esters (lactones) is 1. The molecule has 4 saturated carbocycles. The highest BCUT2D eigenvalue weighted by Gasteiger charge is 2.60. The Morgan fingerprint density at radius 2 is 1.41 bits per heavy atom. The average molecular weight is 821 g/mol. The first kappa shape index (κ1) is 44.0. The summed E-state index contributed by atoms with van der Waals surface area (Å²) in [7, 11) is 4.67. The van der Waals surface area contributed by atoms with E-state index in [2.05, 4.69) is 24.5 Å². The minimum absolute atomic E-state index is 0.0532. The van der Waals surface area contributed by atoms with Crippen molar-refractivity contribution in [2.75, 3.05) is 34.5 Å². The minimum atomic E-state index is -1.11. The van der Waals surface area contributed by atoms with E-state index in [1.54, 1.807) is 40.2 Å². The van der Waals surface area contributed by atoms with Crippen molar-refractivity contribution in [3.63, 3.8) is 0 Å². The SMILES string of the molecule is COc1ccc(C[C@H]2COC(=O)[C@@H]2Cc2ccc(OC(=O)C(NCC(C)(C)C(=O)OC(C)OC(=O)NC34CC5CC(C)(CC(C)(C5)C3)C4)C(C)C)c(OC)c2)cc1OC. The van der Waals surface area contributed by atoms with Crippen molar-refractivity contribution in [1.29, 1.82) is 0 Å². The van der Waals surface area contributed by atoms with Crippen LogP contribution >= 0.6 is 0 Å². The van der Waals surface area contributed by atoms with Gasteiger partial charge in [0.1, 0.15) is 6.04 Å². The van der Waals surface area contributed by atoms with Crippen molar-refractivity contribution in [2.45, 2.75) is 118 Å². The quantitative estimate of drug-likeness (QED) is 0.0942. The summed E-state index contributed by atoms with van der Waals surface area (Å²) in [4.78, 5) is 53.0. The first-order chi connectivity index (χ1) is 27.8. The number of carbonyl (C=O) groups excluding carboxylic acids is 4. The summed E-state index contributed by atoms with van der Waals surface area (Å²) >= 11 is 0. The summed E-state index contributed by atoms with van der Waals surface area (Å²) in [6.07, 6.45) is 5.80. The lowest BCUT2D eigenvalue weighted by molar-refractivity contribution is -0.176. The van der Waals surface area contributed by atoms with Gasteiger partial charge in [-0.3, -0.25) is 9.59 Å². The average Bonchev–Trinajstić information content (AvgIpc) is 3.47. The molecule has 324 valence electrons. The first-order valence-corrected chi connectivity index (χ1v) is 21.0. The van der Waals surface area contributed by atoms with Crippen LogP contribution in [0.4, 0.5) is 4.79 Å². The number of benzene rings is 2. The maximum Gasteiger partial charge on any atom is 0.410 e. The molecule has 1 heterocycles. The van der Waals surface area contributed by atoms with E-state index in [-0.39, 0.29) is 52.4 Å². The van der Waals surface area contributed by atoms with Crippen molar-refractivity contribution in [1.82, 2.24) is 10.6 Å². The van der Waals surface area contributed by atoms with Gasteiger partial charge in [-0.25, -0.2) is 9.59 Å². The molecular formula is C46H64N2O11. The molecule has 0 radical (unpaired) electrons. The molecule has 7 rings (SSSR count).